The highest BCUT2D eigenvalue weighted by Gasteiger charge is 2.27. The number of halogens is 2. The first-order chi connectivity index (χ1) is 7.52. The summed E-state index contributed by atoms with van der Waals surface area (Å²) < 4.78 is 25.1. The lowest BCUT2D eigenvalue weighted by Crippen LogP contribution is -2.05. The summed E-state index contributed by atoms with van der Waals surface area (Å²) in [5.74, 6) is 0. The number of aromatic nitrogens is 1. The highest BCUT2D eigenvalue weighted by molar-refractivity contribution is 5.84. The van der Waals surface area contributed by atoms with E-state index in [-0.39, 0.29) is 6.29 Å². The van der Waals surface area contributed by atoms with Crippen molar-refractivity contribution in [3.8, 4) is 6.07 Å². The Morgan fingerprint density at radius 1 is 1.62 bits per heavy atom. The van der Waals surface area contributed by atoms with E-state index in [1.54, 1.807) is 0 Å². The molecule has 0 aliphatic carbocycles. The van der Waals surface area contributed by atoms with Gasteiger partial charge in [0.15, 0.2) is 12.0 Å². The second-order valence-corrected chi connectivity index (χ2v) is 2.61. The van der Waals surface area contributed by atoms with Crippen molar-refractivity contribution >= 4 is 12.0 Å². The molecule has 6 nitrogen and oxygen atoms in total. The predicted octanol–water partition coefficient (Wildman–Crippen LogP) is 1.61. The Morgan fingerprint density at radius 3 is 2.62 bits per heavy atom. The Morgan fingerprint density at radius 2 is 2.25 bits per heavy atom. The van der Waals surface area contributed by atoms with Crippen LogP contribution in [0.4, 0.5) is 14.5 Å². The van der Waals surface area contributed by atoms with Gasteiger partial charge in [-0.15, -0.1) is 0 Å². The third-order valence-electron chi connectivity index (χ3n) is 1.78. The molecule has 0 bridgehead atoms. The van der Waals surface area contributed by atoms with Crippen LogP contribution in [0.2, 0.25) is 0 Å². The van der Waals surface area contributed by atoms with Gasteiger partial charge in [0.05, 0.1) is 10.5 Å². The van der Waals surface area contributed by atoms with Gasteiger partial charge in [0.1, 0.15) is 17.8 Å². The number of nitriles is 1. The lowest BCUT2D eigenvalue weighted by Gasteiger charge is -2.04. The fourth-order valence-corrected chi connectivity index (χ4v) is 1.11. The van der Waals surface area contributed by atoms with Gasteiger partial charge in [0.2, 0.25) is 0 Å². The number of aldehydes is 1. The van der Waals surface area contributed by atoms with Crippen molar-refractivity contribution in [3.63, 3.8) is 0 Å². The fourth-order valence-electron chi connectivity index (χ4n) is 1.11. The molecule has 0 spiro atoms. The molecular weight excluding hydrogens is 224 g/mol. The molecule has 0 saturated carbocycles. The van der Waals surface area contributed by atoms with E-state index in [4.69, 9.17) is 5.26 Å². The van der Waals surface area contributed by atoms with Crippen LogP contribution in [-0.2, 0) is 0 Å². The summed E-state index contributed by atoms with van der Waals surface area (Å²) in [5.41, 5.74) is -3.36. The molecule has 0 unspecified atom stereocenters. The normalized spacial score (nSPS) is 9.88. The summed E-state index contributed by atoms with van der Waals surface area (Å²) in [6, 6.07) is 1.35. The average Bonchev–Trinajstić information content (AvgIpc) is 2.26. The summed E-state index contributed by atoms with van der Waals surface area (Å²) in [7, 11) is 0. The van der Waals surface area contributed by atoms with Gasteiger partial charge in [-0.25, -0.2) is 13.8 Å². The van der Waals surface area contributed by atoms with Crippen LogP contribution in [0.25, 0.3) is 0 Å². The molecular formula is C8H3F2N3O3. The smallest absolute Gasteiger partial charge is 0.298 e. The topological polar surface area (TPSA) is 96.9 Å². The third-order valence-corrected chi connectivity index (χ3v) is 1.78. The van der Waals surface area contributed by atoms with Crippen molar-refractivity contribution in [2.45, 2.75) is 6.43 Å². The van der Waals surface area contributed by atoms with E-state index in [2.05, 4.69) is 4.98 Å². The van der Waals surface area contributed by atoms with Crippen LogP contribution in [0.3, 0.4) is 0 Å². The number of hydrogen-bond acceptors (Lipinski definition) is 5. The lowest BCUT2D eigenvalue weighted by molar-refractivity contribution is -0.385. The number of alkyl halides is 2. The molecule has 0 aliphatic heterocycles. The molecule has 16 heavy (non-hydrogen) atoms. The Labute approximate surface area is 87.3 Å². The minimum atomic E-state index is -3.18. The van der Waals surface area contributed by atoms with Crippen LogP contribution in [0.1, 0.15) is 28.0 Å². The zero-order valence-electron chi connectivity index (χ0n) is 7.55. The van der Waals surface area contributed by atoms with Gasteiger partial charge >= 0.3 is 0 Å². The molecule has 82 valence electrons. The molecule has 0 aliphatic rings. The van der Waals surface area contributed by atoms with Crippen LogP contribution in [-0.4, -0.2) is 16.2 Å². The van der Waals surface area contributed by atoms with Gasteiger partial charge < -0.3 is 0 Å². The van der Waals surface area contributed by atoms with Gasteiger partial charge in [-0.2, -0.15) is 5.26 Å². The van der Waals surface area contributed by atoms with Gasteiger partial charge in [-0.05, 0) is 0 Å². The molecule has 1 aromatic heterocycles. The minimum Gasteiger partial charge on any atom is -0.298 e. The monoisotopic (exact) mass is 227 g/mol. The first-order valence-corrected chi connectivity index (χ1v) is 3.83. The number of nitro groups is 1. The second-order valence-electron chi connectivity index (χ2n) is 2.61. The van der Waals surface area contributed by atoms with Crippen molar-refractivity contribution in [2.75, 3.05) is 0 Å². The van der Waals surface area contributed by atoms with Crippen LogP contribution >= 0.6 is 0 Å². The first-order valence-electron chi connectivity index (χ1n) is 3.83. The van der Waals surface area contributed by atoms with E-state index in [1.807, 2.05) is 0 Å². The van der Waals surface area contributed by atoms with Crippen LogP contribution in [0.5, 0.6) is 0 Å². The maximum absolute atomic E-state index is 12.5. The van der Waals surface area contributed by atoms with Crippen molar-refractivity contribution in [1.29, 1.82) is 5.26 Å². The quantitative estimate of drug-likeness (QED) is 0.443. The summed E-state index contributed by atoms with van der Waals surface area (Å²) in [6.45, 7) is 0. The largest absolute Gasteiger partial charge is 0.298 e. The number of carbonyl (C=O) groups is 1. The summed E-state index contributed by atoms with van der Waals surface area (Å²) in [5, 5.41) is 18.9. The van der Waals surface area contributed by atoms with E-state index < -0.39 is 33.9 Å². The van der Waals surface area contributed by atoms with E-state index >= 15 is 0 Å². The van der Waals surface area contributed by atoms with E-state index in [0.29, 0.717) is 6.20 Å². The number of rotatable bonds is 3. The van der Waals surface area contributed by atoms with E-state index in [9.17, 15) is 23.7 Å². The maximum Gasteiger partial charge on any atom is 0.298 e. The molecule has 0 fully saturated rings. The zero-order chi connectivity index (χ0) is 12.3. The Bertz CT molecular complexity index is 496. The molecule has 1 aromatic rings. The van der Waals surface area contributed by atoms with Crippen LogP contribution in [0.15, 0.2) is 6.20 Å². The number of pyridine rings is 1. The molecule has 1 rings (SSSR count). The molecule has 1 heterocycles. The molecule has 0 saturated heterocycles. The van der Waals surface area contributed by atoms with Gasteiger partial charge in [-0.3, -0.25) is 14.9 Å². The zero-order valence-corrected chi connectivity index (χ0v) is 7.55. The molecule has 0 N–H and O–H groups in total. The Kier molecular flexibility index (Phi) is 3.20. The minimum absolute atomic E-state index is 0.0812. The second kappa shape index (κ2) is 4.39. The number of carbonyl (C=O) groups excluding carboxylic acids is 1. The SMILES string of the molecule is N#Cc1ncc([N+](=O)[O-])c(C=O)c1C(F)F. The van der Waals surface area contributed by atoms with E-state index in [1.165, 1.54) is 6.07 Å². The van der Waals surface area contributed by atoms with Gasteiger partial charge in [0, 0.05) is 0 Å². The van der Waals surface area contributed by atoms with Gasteiger partial charge in [-0.1, -0.05) is 0 Å². The molecule has 0 aromatic carbocycles. The Hall–Kier alpha value is -2.43. The average molecular weight is 227 g/mol. The van der Waals surface area contributed by atoms with Gasteiger partial charge in [0.25, 0.3) is 12.1 Å². The summed E-state index contributed by atoms with van der Waals surface area (Å²) >= 11 is 0. The van der Waals surface area contributed by atoms with Crippen molar-refractivity contribution in [2.24, 2.45) is 0 Å². The summed E-state index contributed by atoms with van der Waals surface area (Å²) in [4.78, 5) is 23.2. The van der Waals surface area contributed by atoms with Crippen LogP contribution < -0.4 is 0 Å². The molecule has 0 radical (unpaired) electrons. The predicted molar refractivity (Wildman–Crippen MR) is 46.0 cm³/mol. The summed E-state index contributed by atoms with van der Waals surface area (Å²) in [6.07, 6.45) is -2.65. The highest BCUT2D eigenvalue weighted by atomic mass is 19.3. The molecule has 0 atom stereocenters. The number of nitrogens with zero attached hydrogens (tertiary/aromatic N) is 3. The highest BCUT2D eigenvalue weighted by Crippen LogP contribution is 2.29. The van der Waals surface area contributed by atoms with Crippen molar-refractivity contribution in [1.82, 2.24) is 4.98 Å². The molecule has 0 amide bonds. The molecule has 8 heteroatoms. The maximum atomic E-state index is 12.5. The third kappa shape index (κ3) is 1.83. The first kappa shape index (κ1) is 11.6. The Balaban J connectivity index is 3.64. The standard InChI is InChI=1S/C8H3F2N3O3/c9-8(10)7-4(3-14)6(13(15)16)2-12-5(7)1-11/h2-3,8H. The van der Waals surface area contributed by atoms with Crippen molar-refractivity contribution in [3.05, 3.63) is 33.1 Å². The lowest BCUT2D eigenvalue weighted by atomic mass is 10.1. The fraction of sp³-hybridized carbons (Fsp3) is 0.125. The van der Waals surface area contributed by atoms with E-state index in [0.717, 1.165) is 0 Å². The number of hydrogen-bond donors (Lipinski definition) is 0. The van der Waals surface area contributed by atoms with Crippen molar-refractivity contribution < 1.29 is 18.5 Å². The van der Waals surface area contributed by atoms with Crippen LogP contribution in [0, 0.1) is 21.4 Å².